The van der Waals surface area contributed by atoms with E-state index < -0.39 is 0 Å². The number of rotatable bonds is 8. The molecule has 1 radical (unpaired) electrons. The van der Waals surface area contributed by atoms with Crippen molar-refractivity contribution in [2.75, 3.05) is 0 Å². The third kappa shape index (κ3) is 4.26. The maximum absolute atomic E-state index is 5.94. The molecule has 16 heavy (non-hydrogen) atoms. The average Bonchev–Trinajstić information content (AvgIpc) is 2.79. The van der Waals surface area contributed by atoms with E-state index in [-0.39, 0.29) is 12.2 Å². The Labute approximate surface area is 97.0 Å². The fourth-order valence-electron chi connectivity index (χ4n) is 1.61. The topological polar surface area (TPSA) is 63.7 Å². The van der Waals surface area contributed by atoms with Crippen LogP contribution in [0.3, 0.4) is 0 Å². The highest BCUT2D eigenvalue weighted by Crippen LogP contribution is 2.21. The number of H-pyrrole nitrogens is 1. The molecule has 0 aliphatic rings. The summed E-state index contributed by atoms with van der Waals surface area (Å²) in [7, 11) is 0. The van der Waals surface area contributed by atoms with Crippen LogP contribution in [0.2, 0.25) is 0 Å². The molecule has 0 bridgehead atoms. The second-order valence-electron chi connectivity index (χ2n) is 4.01. The molecular formula is C11H21N4O. The van der Waals surface area contributed by atoms with Crippen molar-refractivity contribution in [1.82, 2.24) is 20.6 Å². The van der Waals surface area contributed by atoms with Gasteiger partial charge in [0.05, 0.1) is 6.10 Å². The van der Waals surface area contributed by atoms with Crippen LogP contribution in [0.15, 0.2) is 0 Å². The molecule has 5 heteroatoms. The minimum absolute atomic E-state index is 0.0141. The molecule has 1 rings (SSSR count). The predicted molar refractivity (Wildman–Crippen MR) is 61.6 cm³/mol. The Kier molecular flexibility index (Phi) is 6.00. The van der Waals surface area contributed by atoms with Gasteiger partial charge in [0.2, 0.25) is 0 Å². The van der Waals surface area contributed by atoms with Gasteiger partial charge < -0.3 is 4.74 Å². The van der Waals surface area contributed by atoms with Crippen LogP contribution in [0, 0.1) is 6.92 Å². The molecule has 2 atom stereocenters. The lowest BCUT2D eigenvalue weighted by molar-refractivity contribution is -0.0178. The highest BCUT2D eigenvalue weighted by Gasteiger charge is 2.17. The van der Waals surface area contributed by atoms with Gasteiger partial charge in [0, 0.05) is 0 Å². The Morgan fingerprint density at radius 1 is 1.44 bits per heavy atom. The van der Waals surface area contributed by atoms with Crippen LogP contribution < -0.4 is 0 Å². The number of ether oxygens (including phenoxy) is 1. The van der Waals surface area contributed by atoms with Crippen LogP contribution in [0.5, 0.6) is 0 Å². The van der Waals surface area contributed by atoms with E-state index >= 15 is 0 Å². The molecule has 91 valence electrons. The fraction of sp³-hybridized carbons (Fsp3) is 0.818. The van der Waals surface area contributed by atoms with Gasteiger partial charge in [-0.05, 0) is 30.2 Å². The van der Waals surface area contributed by atoms with Gasteiger partial charge in [-0.15, -0.1) is 5.10 Å². The summed E-state index contributed by atoms with van der Waals surface area (Å²) in [4.78, 5) is 0. The van der Waals surface area contributed by atoms with Gasteiger partial charge in [-0.3, -0.25) is 0 Å². The summed E-state index contributed by atoms with van der Waals surface area (Å²) in [6.07, 6.45) is 5.28. The SMILES string of the molecule is [CH2]CCCC(C)OC(CCC)c1nnn[nH]1. The van der Waals surface area contributed by atoms with Crippen LogP contribution in [0.4, 0.5) is 0 Å². The lowest BCUT2D eigenvalue weighted by Crippen LogP contribution is -2.15. The van der Waals surface area contributed by atoms with Crippen LogP contribution in [-0.2, 0) is 4.74 Å². The largest absolute Gasteiger partial charge is 0.367 e. The minimum atomic E-state index is -0.0141. The smallest absolute Gasteiger partial charge is 0.177 e. The maximum atomic E-state index is 5.94. The molecule has 0 saturated heterocycles. The van der Waals surface area contributed by atoms with E-state index in [1.54, 1.807) is 0 Å². The standard InChI is InChI=1S/C11H21N4O/c1-4-6-8-9(3)16-10(7-5-2)11-12-14-15-13-11/h9-10H,1,4-8H2,2-3H3,(H,12,13,14,15). The zero-order valence-electron chi connectivity index (χ0n) is 10.1. The quantitative estimate of drug-likeness (QED) is 0.738. The third-order valence-corrected chi connectivity index (χ3v) is 2.47. The highest BCUT2D eigenvalue weighted by molar-refractivity contribution is 4.84. The highest BCUT2D eigenvalue weighted by atomic mass is 16.5. The van der Waals surface area contributed by atoms with Crippen molar-refractivity contribution in [2.45, 2.75) is 58.2 Å². The zero-order chi connectivity index (χ0) is 11.8. The van der Waals surface area contributed by atoms with E-state index in [9.17, 15) is 0 Å². The summed E-state index contributed by atoms with van der Waals surface area (Å²) in [5.41, 5.74) is 0. The maximum Gasteiger partial charge on any atom is 0.177 e. The Bertz CT molecular complexity index is 263. The molecule has 0 spiro atoms. The molecule has 0 saturated carbocycles. The number of nitrogens with one attached hydrogen (secondary N) is 1. The van der Waals surface area contributed by atoms with Crippen molar-refractivity contribution >= 4 is 0 Å². The zero-order valence-corrected chi connectivity index (χ0v) is 10.1. The third-order valence-electron chi connectivity index (χ3n) is 2.47. The Hall–Kier alpha value is -0.970. The van der Waals surface area contributed by atoms with Crippen molar-refractivity contribution in [1.29, 1.82) is 0 Å². The van der Waals surface area contributed by atoms with Crippen molar-refractivity contribution in [3.8, 4) is 0 Å². The molecule has 0 fully saturated rings. The first-order valence-corrected chi connectivity index (χ1v) is 5.96. The van der Waals surface area contributed by atoms with Gasteiger partial charge in [-0.25, -0.2) is 5.10 Å². The molecule has 0 aliphatic heterocycles. The van der Waals surface area contributed by atoms with E-state index in [0.29, 0.717) is 0 Å². The second-order valence-corrected chi connectivity index (χ2v) is 4.01. The number of unbranched alkanes of at least 4 members (excludes halogenated alkanes) is 1. The number of aromatic nitrogens is 4. The van der Waals surface area contributed by atoms with E-state index in [4.69, 9.17) is 4.74 Å². The van der Waals surface area contributed by atoms with Gasteiger partial charge in [-0.1, -0.05) is 33.1 Å². The molecule has 1 aromatic heterocycles. The summed E-state index contributed by atoms with van der Waals surface area (Å²) in [5, 5.41) is 13.9. The molecule has 5 nitrogen and oxygen atoms in total. The minimum Gasteiger partial charge on any atom is -0.367 e. The van der Waals surface area contributed by atoms with E-state index in [1.807, 2.05) is 0 Å². The Morgan fingerprint density at radius 3 is 2.81 bits per heavy atom. The Morgan fingerprint density at radius 2 is 2.25 bits per heavy atom. The summed E-state index contributed by atoms with van der Waals surface area (Å²) in [6.45, 7) is 8.04. The molecule has 2 unspecified atom stereocenters. The van der Waals surface area contributed by atoms with Crippen molar-refractivity contribution < 1.29 is 4.74 Å². The molecule has 1 N–H and O–H groups in total. The first-order chi connectivity index (χ1) is 7.77. The first kappa shape index (κ1) is 13.1. The van der Waals surface area contributed by atoms with Crippen molar-refractivity contribution in [3.63, 3.8) is 0 Å². The normalized spacial score (nSPS) is 14.9. The predicted octanol–water partition coefficient (Wildman–Crippen LogP) is 2.45. The number of hydrogen-bond acceptors (Lipinski definition) is 4. The van der Waals surface area contributed by atoms with Crippen LogP contribution in [0.25, 0.3) is 0 Å². The van der Waals surface area contributed by atoms with E-state index in [1.165, 1.54) is 0 Å². The van der Waals surface area contributed by atoms with E-state index in [0.717, 1.165) is 37.9 Å². The fourth-order valence-corrected chi connectivity index (χ4v) is 1.61. The molecule has 1 aromatic rings. The van der Waals surface area contributed by atoms with E-state index in [2.05, 4.69) is 41.4 Å². The molecule has 0 amide bonds. The van der Waals surface area contributed by atoms with Crippen molar-refractivity contribution in [2.24, 2.45) is 0 Å². The monoisotopic (exact) mass is 225 g/mol. The number of nitrogens with zero attached hydrogens (tertiary/aromatic N) is 3. The number of aromatic amines is 1. The van der Waals surface area contributed by atoms with Gasteiger partial charge in [0.15, 0.2) is 5.82 Å². The average molecular weight is 225 g/mol. The lowest BCUT2D eigenvalue weighted by Gasteiger charge is -2.19. The second kappa shape index (κ2) is 7.33. The molecule has 0 aliphatic carbocycles. The lowest BCUT2D eigenvalue weighted by atomic mass is 10.1. The number of hydrogen-bond donors (Lipinski definition) is 1. The summed E-state index contributed by atoms with van der Waals surface area (Å²) >= 11 is 0. The van der Waals surface area contributed by atoms with Crippen LogP contribution >= 0.6 is 0 Å². The molecule has 0 aromatic carbocycles. The number of tetrazole rings is 1. The van der Waals surface area contributed by atoms with Gasteiger partial charge in [-0.2, -0.15) is 0 Å². The van der Waals surface area contributed by atoms with Crippen LogP contribution in [0.1, 0.15) is 57.9 Å². The summed E-state index contributed by atoms with van der Waals surface area (Å²) < 4.78 is 5.94. The first-order valence-electron chi connectivity index (χ1n) is 5.96. The van der Waals surface area contributed by atoms with Crippen molar-refractivity contribution in [3.05, 3.63) is 12.7 Å². The Balaban J connectivity index is 2.45. The van der Waals surface area contributed by atoms with Gasteiger partial charge in [0.1, 0.15) is 6.10 Å². The summed E-state index contributed by atoms with van der Waals surface area (Å²) in [6, 6.07) is 0. The van der Waals surface area contributed by atoms with Crippen LogP contribution in [-0.4, -0.2) is 26.7 Å². The summed E-state index contributed by atoms with van der Waals surface area (Å²) in [5.74, 6) is 0.725. The van der Waals surface area contributed by atoms with Gasteiger partial charge in [0.25, 0.3) is 0 Å². The molecular weight excluding hydrogens is 204 g/mol. The molecule has 1 heterocycles. The van der Waals surface area contributed by atoms with Gasteiger partial charge >= 0.3 is 0 Å².